The summed E-state index contributed by atoms with van der Waals surface area (Å²) in [7, 11) is -3.58. The molecule has 172 valence electrons. The molecule has 0 spiro atoms. The van der Waals surface area contributed by atoms with Crippen molar-refractivity contribution < 1.29 is 27.2 Å². The van der Waals surface area contributed by atoms with Crippen molar-refractivity contribution in [1.82, 2.24) is 0 Å². The molecule has 0 atom stereocenters. The fourth-order valence-corrected chi connectivity index (χ4v) is 4.85. The molecular weight excluding hydrogens is 528 g/mol. The highest BCUT2D eigenvalue weighted by molar-refractivity contribution is 9.10. The molecule has 0 aromatic heterocycles. The first-order valence-corrected chi connectivity index (χ1v) is 13.3. The third kappa shape index (κ3) is 7.96. The molecule has 9 heteroatoms. The van der Waals surface area contributed by atoms with Crippen molar-refractivity contribution in [2.24, 2.45) is 0 Å². The van der Waals surface area contributed by atoms with Crippen LogP contribution >= 0.6 is 27.7 Å². The van der Waals surface area contributed by atoms with Crippen LogP contribution in [0.5, 0.6) is 11.5 Å². The lowest BCUT2D eigenvalue weighted by Gasteiger charge is -2.11. The van der Waals surface area contributed by atoms with Gasteiger partial charge in [-0.2, -0.15) is 8.42 Å². The summed E-state index contributed by atoms with van der Waals surface area (Å²) < 4.78 is 33.6. The van der Waals surface area contributed by atoms with Gasteiger partial charge in [-0.1, -0.05) is 48.5 Å². The fraction of sp³-hybridized carbons (Fsp3) is 0.125. The van der Waals surface area contributed by atoms with Crippen molar-refractivity contribution in [2.75, 3.05) is 18.6 Å². The van der Waals surface area contributed by atoms with Crippen molar-refractivity contribution in [3.05, 3.63) is 94.5 Å². The van der Waals surface area contributed by atoms with E-state index in [0.717, 1.165) is 27.9 Å². The van der Waals surface area contributed by atoms with E-state index in [0.29, 0.717) is 16.0 Å². The zero-order valence-corrected chi connectivity index (χ0v) is 20.8. The average Bonchev–Trinajstić information content (AvgIpc) is 2.76. The molecule has 0 bridgehead atoms. The number of ether oxygens (including phenoxy) is 1. The van der Waals surface area contributed by atoms with E-state index in [9.17, 15) is 13.2 Å². The standard InChI is InChI=1S/C24H21BrO6S2/c1-33(28,29)31-19-9-7-18(8-10-19)21(17-5-3-2-4-6-17)13-14-32-20-11-12-23(22(25)15-20)30-16-24(26)27/h2-13,15H,14,16H2,1H3,(H,26,27)/b21-13-. The fourth-order valence-electron chi connectivity index (χ4n) is 2.93. The third-order valence-electron chi connectivity index (χ3n) is 4.29. The van der Waals surface area contributed by atoms with Crippen LogP contribution in [0.1, 0.15) is 11.1 Å². The number of rotatable bonds is 10. The molecule has 0 unspecified atom stereocenters. The van der Waals surface area contributed by atoms with Gasteiger partial charge in [-0.05, 0) is 63.0 Å². The summed E-state index contributed by atoms with van der Waals surface area (Å²) in [5, 5.41) is 8.76. The van der Waals surface area contributed by atoms with E-state index in [-0.39, 0.29) is 5.75 Å². The summed E-state index contributed by atoms with van der Waals surface area (Å²) in [5.74, 6) is 0.375. The monoisotopic (exact) mass is 548 g/mol. The summed E-state index contributed by atoms with van der Waals surface area (Å²) in [6.45, 7) is -0.401. The lowest BCUT2D eigenvalue weighted by atomic mass is 9.98. The van der Waals surface area contributed by atoms with Crippen molar-refractivity contribution >= 4 is 49.4 Å². The first kappa shape index (κ1) is 24.9. The molecule has 0 aliphatic carbocycles. The Bertz CT molecular complexity index is 1240. The van der Waals surface area contributed by atoms with Crippen LogP contribution < -0.4 is 8.92 Å². The van der Waals surface area contributed by atoms with Gasteiger partial charge < -0.3 is 14.0 Å². The predicted molar refractivity (Wildman–Crippen MR) is 133 cm³/mol. The molecule has 3 aromatic rings. The van der Waals surface area contributed by atoms with Gasteiger partial charge in [0.1, 0.15) is 11.5 Å². The van der Waals surface area contributed by atoms with Gasteiger partial charge >= 0.3 is 16.1 Å². The number of carboxylic acids is 1. The lowest BCUT2D eigenvalue weighted by Crippen LogP contribution is -2.09. The SMILES string of the molecule is CS(=O)(=O)Oc1ccc(/C(=C\CSc2ccc(OCC(=O)O)c(Br)c2)c2ccccc2)cc1. The Balaban J connectivity index is 1.78. The number of hydrogen-bond donors (Lipinski definition) is 1. The number of carboxylic acid groups (broad SMARTS) is 1. The van der Waals surface area contributed by atoms with Crippen LogP contribution in [0.4, 0.5) is 0 Å². The summed E-state index contributed by atoms with van der Waals surface area (Å²) in [6, 6.07) is 22.3. The maximum atomic E-state index is 11.4. The van der Waals surface area contributed by atoms with E-state index >= 15 is 0 Å². The van der Waals surface area contributed by atoms with Crippen molar-refractivity contribution in [2.45, 2.75) is 4.90 Å². The minimum absolute atomic E-state index is 0.262. The highest BCUT2D eigenvalue weighted by Crippen LogP contribution is 2.32. The summed E-state index contributed by atoms with van der Waals surface area (Å²) in [5.41, 5.74) is 2.98. The smallest absolute Gasteiger partial charge is 0.341 e. The van der Waals surface area contributed by atoms with Gasteiger partial charge in [0.25, 0.3) is 0 Å². The molecule has 0 amide bonds. The van der Waals surface area contributed by atoms with E-state index in [1.165, 1.54) is 0 Å². The van der Waals surface area contributed by atoms with Crippen molar-refractivity contribution in [3.8, 4) is 11.5 Å². The number of halogens is 1. The zero-order valence-electron chi connectivity index (χ0n) is 17.6. The highest BCUT2D eigenvalue weighted by Gasteiger charge is 2.09. The van der Waals surface area contributed by atoms with Gasteiger partial charge in [0.15, 0.2) is 6.61 Å². The van der Waals surface area contributed by atoms with Gasteiger partial charge in [0, 0.05) is 10.6 Å². The molecule has 0 heterocycles. The minimum atomic E-state index is -3.58. The van der Waals surface area contributed by atoms with E-state index < -0.39 is 22.7 Å². The van der Waals surface area contributed by atoms with Gasteiger partial charge in [0.05, 0.1) is 10.7 Å². The van der Waals surface area contributed by atoms with Crippen LogP contribution in [0.2, 0.25) is 0 Å². The molecule has 0 radical (unpaired) electrons. The molecule has 1 N–H and O–H groups in total. The number of thioether (sulfide) groups is 1. The Hall–Kier alpha value is -2.75. The maximum absolute atomic E-state index is 11.4. The molecule has 0 aliphatic heterocycles. The largest absolute Gasteiger partial charge is 0.481 e. The predicted octanol–water partition coefficient (Wildman–Crippen LogP) is 5.47. The zero-order chi connectivity index (χ0) is 23.8. The second kappa shape index (κ2) is 11.4. The lowest BCUT2D eigenvalue weighted by molar-refractivity contribution is -0.139. The molecule has 0 saturated heterocycles. The molecule has 0 aliphatic rings. The average molecular weight is 549 g/mol. The van der Waals surface area contributed by atoms with E-state index in [4.69, 9.17) is 14.0 Å². The van der Waals surface area contributed by atoms with Crippen LogP contribution in [-0.2, 0) is 14.9 Å². The molecule has 33 heavy (non-hydrogen) atoms. The Kier molecular flexibility index (Phi) is 8.60. The second-order valence-electron chi connectivity index (χ2n) is 6.88. The van der Waals surface area contributed by atoms with Crippen LogP contribution in [0.3, 0.4) is 0 Å². The second-order valence-corrected chi connectivity index (χ2v) is 10.4. The van der Waals surface area contributed by atoms with Crippen LogP contribution in [0.15, 0.2) is 88.2 Å². The third-order valence-corrected chi connectivity index (χ3v) is 6.33. The van der Waals surface area contributed by atoms with Crippen molar-refractivity contribution in [3.63, 3.8) is 0 Å². The van der Waals surface area contributed by atoms with Gasteiger partial charge in [-0.15, -0.1) is 11.8 Å². The summed E-state index contributed by atoms with van der Waals surface area (Å²) in [6.07, 6.45) is 3.12. The van der Waals surface area contributed by atoms with Crippen molar-refractivity contribution in [1.29, 1.82) is 0 Å². The van der Waals surface area contributed by atoms with Gasteiger partial charge in [-0.25, -0.2) is 4.79 Å². The quantitative estimate of drug-likeness (QED) is 0.265. The number of benzene rings is 3. The van der Waals surface area contributed by atoms with E-state index in [2.05, 4.69) is 22.0 Å². The first-order chi connectivity index (χ1) is 15.7. The molecule has 0 fully saturated rings. The normalized spacial score (nSPS) is 11.8. The molecule has 6 nitrogen and oxygen atoms in total. The summed E-state index contributed by atoms with van der Waals surface area (Å²) in [4.78, 5) is 11.7. The number of carbonyl (C=O) groups is 1. The van der Waals surface area contributed by atoms with E-state index in [1.807, 2.05) is 54.6 Å². The van der Waals surface area contributed by atoms with Gasteiger partial charge in [-0.3, -0.25) is 0 Å². The summed E-state index contributed by atoms with van der Waals surface area (Å²) >= 11 is 5.03. The Morgan fingerprint density at radius 2 is 1.70 bits per heavy atom. The van der Waals surface area contributed by atoms with Crippen LogP contribution in [0.25, 0.3) is 5.57 Å². The minimum Gasteiger partial charge on any atom is -0.481 e. The first-order valence-electron chi connectivity index (χ1n) is 9.74. The maximum Gasteiger partial charge on any atom is 0.341 e. The Morgan fingerprint density at radius 3 is 2.30 bits per heavy atom. The molecule has 3 aromatic carbocycles. The van der Waals surface area contributed by atoms with Crippen LogP contribution in [-0.4, -0.2) is 38.1 Å². The molecular formula is C24H21BrO6S2. The number of aliphatic carboxylic acids is 1. The van der Waals surface area contributed by atoms with Gasteiger partial charge in [0.2, 0.25) is 0 Å². The highest BCUT2D eigenvalue weighted by atomic mass is 79.9. The van der Waals surface area contributed by atoms with Crippen LogP contribution in [0, 0.1) is 0 Å². The molecule has 0 saturated carbocycles. The number of hydrogen-bond acceptors (Lipinski definition) is 6. The Labute approximate surface area is 205 Å². The topological polar surface area (TPSA) is 89.9 Å². The molecule has 3 rings (SSSR count). The van der Waals surface area contributed by atoms with E-state index in [1.54, 1.807) is 30.0 Å². The Morgan fingerprint density at radius 1 is 1.03 bits per heavy atom.